The first-order valence-electron chi connectivity index (χ1n) is 5.99. The molecule has 3 N–H and O–H groups in total. The Labute approximate surface area is 123 Å². The number of halogens is 1. The van der Waals surface area contributed by atoms with Crippen LogP contribution in [0.4, 0.5) is 0 Å². The molecule has 21 heavy (non-hydrogen) atoms. The number of rotatable bonds is 4. The van der Waals surface area contributed by atoms with Gasteiger partial charge in [0.1, 0.15) is 5.56 Å². The lowest BCUT2D eigenvalue weighted by atomic mass is 10.3. The monoisotopic (exact) mass is 309 g/mol. The fourth-order valence-corrected chi connectivity index (χ4v) is 1.91. The van der Waals surface area contributed by atoms with Gasteiger partial charge in [-0.1, -0.05) is 17.7 Å². The molecule has 0 spiro atoms. The van der Waals surface area contributed by atoms with E-state index in [0.29, 0.717) is 10.7 Å². The summed E-state index contributed by atoms with van der Waals surface area (Å²) in [6, 6.07) is 6.24. The molecule has 1 aromatic carbocycles. The third kappa shape index (κ3) is 3.21. The summed E-state index contributed by atoms with van der Waals surface area (Å²) < 4.78 is 0.910. The number of H-pyrrole nitrogens is 1. The van der Waals surface area contributed by atoms with Crippen molar-refractivity contribution in [3.63, 3.8) is 0 Å². The van der Waals surface area contributed by atoms with E-state index in [0.717, 1.165) is 10.8 Å². The van der Waals surface area contributed by atoms with Gasteiger partial charge in [-0.05, 0) is 18.2 Å². The number of nitrogens with zero attached hydrogens (tertiary/aromatic N) is 2. The number of aliphatic hydroxyl groups excluding tert-OH is 1. The van der Waals surface area contributed by atoms with E-state index in [1.807, 2.05) is 0 Å². The molecule has 7 nitrogen and oxygen atoms in total. The highest BCUT2D eigenvalue weighted by Crippen LogP contribution is 2.18. The SMILES string of the molecule is O=c1[nH]c(=O)n(-c2cccc(Cl)c2)c(O)c1C=NCCO. The second kappa shape index (κ2) is 6.38. The van der Waals surface area contributed by atoms with Gasteiger partial charge in [-0.25, -0.2) is 9.36 Å². The molecule has 8 heteroatoms. The Morgan fingerprint density at radius 2 is 2.14 bits per heavy atom. The Morgan fingerprint density at radius 3 is 2.81 bits per heavy atom. The van der Waals surface area contributed by atoms with Crippen molar-refractivity contribution in [1.82, 2.24) is 9.55 Å². The molecule has 2 rings (SSSR count). The van der Waals surface area contributed by atoms with Crippen LogP contribution in [0.5, 0.6) is 5.88 Å². The summed E-state index contributed by atoms with van der Waals surface area (Å²) in [6.45, 7) is -0.113. The molecule has 1 aromatic heterocycles. The summed E-state index contributed by atoms with van der Waals surface area (Å²) in [6.07, 6.45) is 1.10. The van der Waals surface area contributed by atoms with E-state index in [2.05, 4.69) is 9.98 Å². The van der Waals surface area contributed by atoms with Crippen LogP contribution in [0.3, 0.4) is 0 Å². The van der Waals surface area contributed by atoms with Gasteiger partial charge in [0, 0.05) is 11.2 Å². The second-order valence-electron chi connectivity index (χ2n) is 4.07. The topological polar surface area (TPSA) is 108 Å². The molecule has 0 aliphatic carbocycles. The fraction of sp³-hybridized carbons (Fsp3) is 0.154. The van der Waals surface area contributed by atoms with Crippen molar-refractivity contribution in [3.8, 4) is 11.6 Å². The molecular formula is C13H12ClN3O4. The summed E-state index contributed by atoms with van der Waals surface area (Å²) in [5.41, 5.74) is -1.43. The van der Waals surface area contributed by atoms with Gasteiger partial charge in [0.05, 0.1) is 18.8 Å². The molecule has 110 valence electrons. The lowest BCUT2D eigenvalue weighted by Crippen LogP contribution is -2.31. The molecule has 0 saturated carbocycles. The van der Waals surface area contributed by atoms with Crippen molar-refractivity contribution in [2.45, 2.75) is 0 Å². The van der Waals surface area contributed by atoms with Gasteiger partial charge in [-0.15, -0.1) is 0 Å². The van der Waals surface area contributed by atoms with Gasteiger partial charge in [0.15, 0.2) is 0 Å². The molecule has 1 heterocycles. The highest BCUT2D eigenvalue weighted by atomic mass is 35.5. The number of aromatic amines is 1. The molecule has 0 saturated heterocycles. The van der Waals surface area contributed by atoms with Crippen LogP contribution in [0.15, 0.2) is 38.8 Å². The lowest BCUT2D eigenvalue weighted by molar-refractivity contribution is 0.307. The van der Waals surface area contributed by atoms with E-state index in [9.17, 15) is 14.7 Å². The maximum absolute atomic E-state index is 11.9. The van der Waals surface area contributed by atoms with E-state index < -0.39 is 17.1 Å². The summed E-state index contributed by atoms with van der Waals surface area (Å²) in [7, 11) is 0. The summed E-state index contributed by atoms with van der Waals surface area (Å²) >= 11 is 5.85. The molecule has 2 aromatic rings. The third-order valence-electron chi connectivity index (χ3n) is 2.64. The zero-order chi connectivity index (χ0) is 15.4. The average Bonchev–Trinajstić information content (AvgIpc) is 2.42. The van der Waals surface area contributed by atoms with E-state index in [4.69, 9.17) is 16.7 Å². The molecule has 0 aliphatic heterocycles. The predicted octanol–water partition coefficient (Wildman–Crippen LogP) is 0.296. The van der Waals surface area contributed by atoms with Gasteiger partial charge >= 0.3 is 5.69 Å². The zero-order valence-electron chi connectivity index (χ0n) is 10.8. The summed E-state index contributed by atoms with van der Waals surface area (Å²) in [4.78, 5) is 29.4. The van der Waals surface area contributed by atoms with Crippen LogP contribution < -0.4 is 11.2 Å². The highest BCUT2D eigenvalue weighted by molar-refractivity contribution is 6.30. The Bertz CT molecular complexity index is 795. The number of benzene rings is 1. The van der Waals surface area contributed by atoms with Crippen molar-refractivity contribution in [2.75, 3.05) is 13.2 Å². The molecular weight excluding hydrogens is 298 g/mol. The van der Waals surface area contributed by atoms with Crippen molar-refractivity contribution in [1.29, 1.82) is 0 Å². The van der Waals surface area contributed by atoms with Crippen molar-refractivity contribution in [2.24, 2.45) is 4.99 Å². The van der Waals surface area contributed by atoms with Gasteiger partial charge < -0.3 is 10.2 Å². The van der Waals surface area contributed by atoms with E-state index in [1.54, 1.807) is 18.2 Å². The van der Waals surface area contributed by atoms with Gasteiger partial charge in [-0.2, -0.15) is 0 Å². The van der Waals surface area contributed by atoms with Gasteiger partial charge in [-0.3, -0.25) is 14.8 Å². The Morgan fingerprint density at radius 1 is 1.38 bits per heavy atom. The van der Waals surface area contributed by atoms with Crippen LogP contribution >= 0.6 is 11.6 Å². The summed E-state index contributed by atoms with van der Waals surface area (Å²) in [5, 5.41) is 19.2. The first kappa shape index (κ1) is 15.0. The standard InChI is InChI=1S/C13H12ClN3O4/c14-8-2-1-3-9(6-8)17-12(20)10(7-15-4-5-18)11(19)16-13(17)21/h1-3,6-7,18,20H,4-5H2,(H,16,19,21). The normalized spacial score (nSPS) is 11.1. The summed E-state index contributed by atoms with van der Waals surface area (Å²) in [5.74, 6) is -0.548. The zero-order valence-corrected chi connectivity index (χ0v) is 11.5. The van der Waals surface area contributed by atoms with E-state index >= 15 is 0 Å². The first-order valence-corrected chi connectivity index (χ1v) is 6.37. The van der Waals surface area contributed by atoms with Crippen LogP contribution in [-0.4, -0.2) is 39.1 Å². The third-order valence-corrected chi connectivity index (χ3v) is 2.87. The predicted molar refractivity (Wildman–Crippen MR) is 78.9 cm³/mol. The molecule has 0 aliphatic rings. The van der Waals surface area contributed by atoms with Crippen LogP contribution in [0.2, 0.25) is 5.02 Å². The highest BCUT2D eigenvalue weighted by Gasteiger charge is 2.14. The number of hydrogen-bond acceptors (Lipinski definition) is 5. The maximum atomic E-state index is 11.9. The van der Waals surface area contributed by atoms with Gasteiger partial charge in [0.2, 0.25) is 5.88 Å². The smallest absolute Gasteiger partial charge is 0.335 e. The molecule has 0 amide bonds. The minimum absolute atomic E-state index is 0.0785. The van der Waals surface area contributed by atoms with Crippen LogP contribution in [0, 0.1) is 0 Å². The maximum Gasteiger partial charge on any atom is 0.335 e. The Hall–Kier alpha value is -2.38. The quantitative estimate of drug-likeness (QED) is 0.706. The number of aliphatic hydroxyl groups is 1. The average molecular weight is 310 g/mol. The van der Waals surface area contributed by atoms with Crippen molar-refractivity contribution in [3.05, 3.63) is 55.7 Å². The largest absolute Gasteiger partial charge is 0.493 e. The fourth-order valence-electron chi connectivity index (χ4n) is 1.72. The molecule has 0 atom stereocenters. The number of aliphatic imine (C=N–C) groups is 1. The van der Waals surface area contributed by atoms with Crippen LogP contribution in [-0.2, 0) is 0 Å². The minimum Gasteiger partial charge on any atom is -0.493 e. The number of aromatic hydroxyl groups is 1. The second-order valence-corrected chi connectivity index (χ2v) is 4.51. The van der Waals surface area contributed by atoms with Crippen LogP contribution in [0.1, 0.15) is 5.56 Å². The molecule has 0 radical (unpaired) electrons. The number of aromatic nitrogens is 2. The van der Waals surface area contributed by atoms with Crippen LogP contribution in [0.25, 0.3) is 5.69 Å². The van der Waals surface area contributed by atoms with E-state index in [-0.39, 0.29) is 18.7 Å². The molecule has 0 unspecified atom stereocenters. The molecule has 0 fully saturated rings. The number of hydrogen-bond donors (Lipinski definition) is 3. The van der Waals surface area contributed by atoms with Gasteiger partial charge in [0.25, 0.3) is 5.56 Å². The first-order chi connectivity index (χ1) is 10.0. The minimum atomic E-state index is -0.793. The Balaban J connectivity index is 2.65. The number of nitrogens with one attached hydrogen (secondary N) is 1. The Kier molecular flexibility index (Phi) is 4.56. The van der Waals surface area contributed by atoms with Crippen molar-refractivity contribution >= 4 is 17.8 Å². The van der Waals surface area contributed by atoms with Crippen molar-refractivity contribution < 1.29 is 10.2 Å². The lowest BCUT2D eigenvalue weighted by Gasteiger charge is -2.09. The van der Waals surface area contributed by atoms with E-state index in [1.165, 1.54) is 6.07 Å². The molecule has 0 bridgehead atoms.